The van der Waals surface area contributed by atoms with Gasteiger partial charge in [-0.3, -0.25) is 4.90 Å². The van der Waals surface area contributed by atoms with E-state index < -0.39 is 5.97 Å². The first-order chi connectivity index (χ1) is 18.9. The number of nitrogens with one attached hydrogen (secondary N) is 1. The van der Waals surface area contributed by atoms with Crippen molar-refractivity contribution in [1.82, 2.24) is 9.88 Å². The van der Waals surface area contributed by atoms with Crippen LogP contribution in [0.5, 0.6) is 5.75 Å². The van der Waals surface area contributed by atoms with Gasteiger partial charge < -0.3 is 24.3 Å². The van der Waals surface area contributed by atoms with Crippen LogP contribution in [-0.4, -0.2) is 60.0 Å². The van der Waals surface area contributed by atoms with Crippen molar-refractivity contribution in [2.24, 2.45) is 11.3 Å². The Morgan fingerprint density at radius 1 is 1.21 bits per heavy atom. The van der Waals surface area contributed by atoms with Gasteiger partial charge in [0.2, 0.25) is 0 Å². The standard InChI is InChI=1S/C31H35N3O5/c1-20-12-28(39-11-10-38-24-18-37-19-24)26(25-6-8-33-29(20)25)17-34-9-7-31(13-21(14-31)16-32)15-27(34)22-2-4-23(5-3-22)30(35)36/h2-6,8,12,21,24,27,33H,7,9-11,13-15,17-19H2,1H3,(H,35,36)/t21?,27-,31?/m0/s1. The lowest BCUT2D eigenvalue weighted by atomic mass is 9.56. The quantitative estimate of drug-likeness (QED) is 0.366. The van der Waals surface area contributed by atoms with Crippen molar-refractivity contribution < 1.29 is 24.1 Å². The molecule has 3 aliphatic rings. The van der Waals surface area contributed by atoms with E-state index >= 15 is 0 Å². The molecule has 3 fully saturated rings. The molecule has 0 radical (unpaired) electrons. The van der Waals surface area contributed by atoms with Crippen molar-refractivity contribution in [3.05, 3.63) is 64.8 Å². The molecule has 1 aliphatic carbocycles. The maximum atomic E-state index is 11.5. The van der Waals surface area contributed by atoms with E-state index in [1.54, 1.807) is 12.1 Å². The highest BCUT2D eigenvalue weighted by molar-refractivity contribution is 5.88. The summed E-state index contributed by atoms with van der Waals surface area (Å²) in [6, 6.07) is 14.1. The molecule has 1 saturated carbocycles. The number of nitrogens with zero attached hydrogens (tertiary/aromatic N) is 2. The van der Waals surface area contributed by atoms with Gasteiger partial charge in [-0.2, -0.15) is 5.26 Å². The second-order valence-corrected chi connectivity index (χ2v) is 11.4. The van der Waals surface area contributed by atoms with Crippen LogP contribution in [0.15, 0.2) is 42.6 Å². The highest BCUT2D eigenvalue weighted by atomic mass is 16.6. The summed E-state index contributed by atoms with van der Waals surface area (Å²) in [7, 11) is 0. The summed E-state index contributed by atoms with van der Waals surface area (Å²) in [5, 5.41) is 20.0. The summed E-state index contributed by atoms with van der Waals surface area (Å²) in [4.78, 5) is 17.4. The molecule has 2 aromatic carbocycles. The van der Waals surface area contributed by atoms with Crippen LogP contribution in [0.25, 0.3) is 10.9 Å². The van der Waals surface area contributed by atoms with Crippen LogP contribution in [0.3, 0.4) is 0 Å². The number of nitriles is 1. The first-order valence-corrected chi connectivity index (χ1v) is 13.8. The van der Waals surface area contributed by atoms with Crippen molar-refractivity contribution in [1.29, 1.82) is 5.26 Å². The number of hydrogen-bond donors (Lipinski definition) is 2. The van der Waals surface area contributed by atoms with E-state index in [4.69, 9.17) is 14.2 Å². The molecule has 2 saturated heterocycles. The molecule has 8 heteroatoms. The Morgan fingerprint density at radius 3 is 2.69 bits per heavy atom. The molecule has 3 aromatic rings. The lowest BCUT2D eigenvalue weighted by Gasteiger charge is -2.53. The van der Waals surface area contributed by atoms with E-state index in [0.717, 1.165) is 65.6 Å². The van der Waals surface area contributed by atoms with Crippen molar-refractivity contribution in [2.45, 2.75) is 51.3 Å². The first kappa shape index (κ1) is 25.9. The number of fused-ring (bicyclic) bond motifs is 1. The fraction of sp³-hybridized carbons (Fsp3) is 0.484. The maximum Gasteiger partial charge on any atom is 0.335 e. The number of aryl methyl sites for hydroxylation is 1. The van der Waals surface area contributed by atoms with Gasteiger partial charge in [-0.05, 0) is 80.0 Å². The van der Waals surface area contributed by atoms with Crippen molar-refractivity contribution in [2.75, 3.05) is 33.0 Å². The Hall–Kier alpha value is -3.38. The summed E-state index contributed by atoms with van der Waals surface area (Å²) in [5.74, 6) is 0.109. The number of ether oxygens (including phenoxy) is 3. The van der Waals surface area contributed by atoms with Gasteiger partial charge in [0.05, 0.1) is 31.5 Å². The number of hydrogen-bond acceptors (Lipinski definition) is 6. The largest absolute Gasteiger partial charge is 0.491 e. The predicted octanol–water partition coefficient (Wildman–Crippen LogP) is 5.23. The first-order valence-electron chi connectivity index (χ1n) is 13.8. The van der Waals surface area contributed by atoms with Gasteiger partial charge in [-0.15, -0.1) is 0 Å². The topological polar surface area (TPSA) is 108 Å². The smallest absolute Gasteiger partial charge is 0.335 e. The van der Waals surface area contributed by atoms with E-state index in [9.17, 15) is 15.2 Å². The molecule has 8 nitrogen and oxygen atoms in total. The van der Waals surface area contributed by atoms with Crippen molar-refractivity contribution in [3.8, 4) is 11.8 Å². The number of aromatic carboxylic acids is 1. The van der Waals surface area contributed by atoms with E-state index in [-0.39, 0.29) is 23.5 Å². The zero-order chi connectivity index (χ0) is 27.0. The summed E-state index contributed by atoms with van der Waals surface area (Å²) < 4.78 is 17.3. The van der Waals surface area contributed by atoms with Crippen molar-refractivity contribution >= 4 is 16.9 Å². The highest BCUT2D eigenvalue weighted by Gasteiger charge is 2.49. The zero-order valence-electron chi connectivity index (χ0n) is 22.3. The third-order valence-corrected chi connectivity index (χ3v) is 8.85. The number of carbonyl (C=O) groups is 1. The molecule has 1 aromatic heterocycles. The predicted molar refractivity (Wildman–Crippen MR) is 146 cm³/mol. The molecular weight excluding hydrogens is 494 g/mol. The summed E-state index contributed by atoms with van der Waals surface area (Å²) >= 11 is 0. The fourth-order valence-electron chi connectivity index (χ4n) is 6.60. The molecule has 0 bridgehead atoms. The van der Waals surface area contributed by atoms with Crippen LogP contribution < -0.4 is 4.74 Å². The average molecular weight is 530 g/mol. The second kappa shape index (κ2) is 10.6. The SMILES string of the molecule is Cc1cc(OCCOC2COC2)c(CN2CCC3(CC(C#N)C3)C[C@H]2c2ccc(C(=O)O)cc2)c2cc[nH]c12. The van der Waals surface area contributed by atoms with Crippen LogP contribution in [0.4, 0.5) is 0 Å². The summed E-state index contributed by atoms with van der Waals surface area (Å²) in [6.45, 7) is 6.01. The molecule has 2 aliphatic heterocycles. The number of aromatic nitrogens is 1. The van der Waals surface area contributed by atoms with Crippen LogP contribution in [0.1, 0.15) is 58.8 Å². The highest BCUT2D eigenvalue weighted by Crippen LogP contribution is 2.56. The molecule has 1 atom stereocenters. The monoisotopic (exact) mass is 529 g/mol. The molecule has 6 rings (SSSR count). The molecule has 2 N–H and O–H groups in total. The molecular formula is C31H35N3O5. The van der Waals surface area contributed by atoms with E-state index in [1.807, 2.05) is 18.3 Å². The number of carboxylic acids is 1. The number of piperidine rings is 1. The normalized spacial score (nSPS) is 25.2. The minimum Gasteiger partial charge on any atom is -0.491 e. The third-order valence-electron chi connectivity index (χ3n) is 8.85. The Labute approximate surface area is 228 Å². The summed E-state index contributed by atoms with van der Waals surface area (Å²) in [5.41, 5.74) is 5.00. The van der Waals surface area contributed by atoms with Crippen LogP contribution in [0, 0.1) is 29.6 Å². The Kier molecular flexibility index (Phi) is 7.06. The van der Waals surface area contributed by atoms with Gasteiger partial charge in [0.1, 0.15) is 18.5 Å². The Morgan fingerprint density at radius 2 is 2.00 bits per heavy atom. The maximum absolute atomic E-state index is 11.5. The third kappa shape index (κ3) is 5.14. The van der Waals surface area contributed by atoms with E-state index in [0.29, 0.717) is 38.5 Å². The van der Waals surface area contributed by atoms with Gasteiger partial charge in [0.15, 0.2) is 0 Å². The van der Waals surface area contributed by atoms with Crippen LogP contribution in [0.2, 0.25) is 0 Å². The van der Waals surface area contributed by atoms with Gasteiger partial charge >= 0.3 is 5.97 Å². The summed E-state index contributed by atoms with van der Waals surface area (Å²) in [6.07, 6.45) is 6.08. The molecule has 0 unspecified atom stereocenters. The minimum atomic E-state index is -0.917. The average Bonchev–Trinajstić information content (AvgIpc) is 3.39. The second-order valence-electron chi connectivity index (χ2n) is 11.4. The van der Waals surface area contributed by atoms with Gasteiger partial charge in [-0.25, -0.2) is 4.79 Å². The fourth-order valence-corrected chi connectivity index (χ4v) is 6.60. The lowest BCUT2D eigenvalue weighted by molar-refractivity contribution is -0.132. The molecule has 0 amide bonds. The molecule has 3 heterocycles. The van der Waals surface area contributed by atoms with E-state index in [2.05, 4.69) is 35.0 Å². The number of aromatic amines is 1. The van der Waals surface area contributed by atoms with E-state index in [1.165, 1.54) is 0 Å². The zero-order valence-corrected chi connectivity index (χ0v) is 22.3. The minimum absolute atomic E-state index is 0.131. The number of H-pyrrole nitrogens is 1. The Balaban J connectivity index is 1.28. The number of rotatable bonds is 9. The lowest BCUT2D eigenvalue weighted by Crippen LogP contribution is -2.48. The van der Waals surface area contributed by atoms with Gasteiger partial charge in [0, 0.05) is 41.2 Å². The van der Waals surface area contributed by atoms with Crippen LogP contribution >= 0.6 is 0 Å². The number of carboxylic acid groups (broad SMARTS) is 1. The molecule has 204 valence electrons. The van der Waals surface area contributed by atoms with Gasteiger partial charge in [0.25, 0.3) is 0 Å². The number of likely N-dealkylation sites (tertiary alicyclic amines) is 1. The van der Waals surface area contributed by atoms with Gasteiger partial charge in [-0.1, -0.05) is 12.1 Å². The van der Waals surface area contributed by atoms with Crippen LogP contribution in [-0.2, 0) is 16.0 Å². The number of benzene rings is 2. The van der Waals surface area contributed by atoms with Crippen molar-refractivity contribution in [3.63, 3.8) is 0 Å². The molecule has 1 spiro atoms. The molecule has 39 heavy (non-hydrogen) atoms. The Bertz CT molecular complexity index is 1380.